The number of halogens is 1. The molecule has 0 atom stereocenters. The second-order valence-corrected chi connectivity index (χ2v) is 7.25. The Balaban J connectivity index is 1.86. The van der Waals surface area contributed by atoms with Crippen molar-refractivity contribution in [3.63, 3.8) is 0 Å². The minimum Gasteiger partial charge on any atom is -0.379 e. The van der Waals surface area contributed by atoms with E-state index >= 15 is 0 Å². The smallest absolute Gasteiger partial charge is 0.149 e. The monoisotopic (exact) mass is 329 g/mol. The van der Waals surface area contributed by atoms with E-state index < -0.39 is 9.84 Å². The zero-order chi connectivity index (χ0) is 15.3. The molecule has 1 N–H and O–H groups in total. The summed E-state index contributed by atoms with van der Waals surface area (Å²) in [5.41, 5.74) is 0.762. The summed E-state index contributed by atoms with van der Waals surface area (Å²) in [6, 6.07) is 5.40. The molecule has 1 heterocycles. The molecule has 0 radical (unpaired) electrons. The fourth-order valence-corrected chi connectivity index (χ4v) is 2.31. The highest BCUT2D eigenvalue weighted by atomic mass is 35.5. The van der Waals surface area contributed by atoms with Crippen molar-refractivity contribution in [1.29, 1.82) is 0 Å². The second kappa shape index (κ2) is 7.02. The van der Waals surface area contributed by atoms with Gasteiger partial charge < -0.3 is 10.1 Å². The van der Waals surface area contributed by atoms with Crippen molar-refractivity contribution in [2.75, 3.05) is 37.1 Å². The van der Waals surface area contributed by atoms with Crippen LogP contribution < -0.4 is 5.32 Å². The Hall–Kier alpha value is -1.44. The fraction of sp³-hybridized carbons (Fsp3) is 0.385. The van der Waals surface area contributed by atoms with Gasteiger partial charge in [-0.25, -0.2) is 18.4 Å². The van der Waals surface area contributed by atoms with Crippen LogP contribution in [0.1, 0.15) is 0 Å². The Bertz CT molecular complexity index is 722. The van der Waals surface area contributed by atoms with Crippen LogP contribution in [0.3, 0.4) is 0 Å². The third kappa shape index (κ3) is 5.11. The van der Waals surface area contributed by atoms with Crippen molar-refractivity contribution in [3.8, 4) is 0 Å². The standard InChI is InChI=1S/C13H16ClN3O3S/c1-21(18,19)7-6-20-5-4-15-13-11-3-2-10(14)8-12(11)16-9-17-13/h2-3,8-9H,4-7H2,1H3,(H,15,16,17). The normalized spacial score (nSPS) is 11.7. The molecule has 2 aromatic rings. The van der Waals surface area contributed by atoms with Crippen molar-refractivity contribution < 1.29 is 13.2 Å². The summed E-state index contributed by atoms with van der Waals surface area (Å²) >= 11 is 5.92. The van der Waals surface area contributed by atoms with Crippen LogP contribution in [0.4, 0.5) is 5.82 Å². The molecule has 1 aromatic carbocycles. The van der Waals surface area contributed by atoms with E-state index in [-0.39, 0.29) is 12.4 Å². The van der Waals surface area contributed by atoms with Gasteiger partial charge in [-0.3, -0.25) is 0 Å². The van der Waals surface area contributed by atoms with E-state index in [4.69, 9.17) is 16.3 Å². The summed E-state index contributed by atoms with van der Waals surface area (Å²) in [5, 5.41) is 4.63. The topological polar surface area (TPSA) is 81.2 Å². The minimum absolute atomic E-state index is 0.0297. The lowest BCUT2D eigenvalue weighted by Crippen LogP contribution is -2.15. The number of hydrogen-bond acceptors (Lipinski definition) is 6. The number of ether oxygens (including phenoxy) is 1. The van der Waals surface area contributed by atoms with Crippen LogP contribution in [-0.4, -0.2) is 50.2 Å². The first-order chi connectivity index (χ1) is 9.96. The molecule has 8 heteroatoms. The van der Waals surface area contributed by atoms with E-state index in [1.807, 2.05) is 6.07 Å². The predicted octanol–water partition coefficient (Wildman–Crippen LogP) is 1.76. The van der Waals surface area contributed by atoms with E-state index in [2.05, 4.69) is 15.3 Å². The Morgan fingerprint density at radius 2 is 2.10 bits per heavy atom. The molecule has 21 heavy (non-hydrogen) atoms. The number of sulfone groups is 1. The summed E-state index contributed by atoms with van der Waals surface area (Å²) in [4.78, 5) is 8.33. The number of anilines is 1. The molecule has 0 fully saturated rings. The summed E-state index contributed by atoms with van der Waals surface area (Å²) in [5.74, 6) is 0.727. The molecular formula is C13H16ClN3O3S. The third-order valence-corrected chi connectivity index (χ3v) is 3.88. The van der Waals surface area contributed by atoms with Gasteiger partial charge in [-0.05, 0) is 18.2 Å². The maximum Gasteiger partial charge on any atom is 0.149 e. The van der Waals surface area contributed by atoms with Gasteiger partial charge in [-0.1, -0.05) is 11.6 Å². The molecule has 0 spiro atoms. The van der Waals surface area contributed by atoms with Crippen LogP contribution in [0.5, 0.6) is 0 Å². The van der Waals surface area contributed by atoms with Crippen molar-refractivity contribution in [3.05, 3.63) is 29.5 Å². The van der Waals surface area contributed by atoms with Gasteiger partial charge in [0.1, 0.15) is 22.0 Å². The van der Waals surface area contributed by atoms with Gasteiger partial charge in [0.15, 0.2) is 0 Å². The van der Waals surface area contributed by atoms with Gasteiger partial charge in [-0.2, -0.15) is 0 Å². The van der Waals surface area contributed by atoms with Crippen molar-refractivity contribution in [1.82, 2.24) is 9.97 Å². The lowest BCUT2D eigenvalue weighted by Gasteiger charge is -2.08. The van der Waals surface area contributed by atoms with Crippen LogP contribution in [0, 0.1) is 0 Å². The molecule has 1 aromatic heterocycles. The highest BCUT2D eigenvalue weighted by Crippen LogP contribution is 2.22. The zero-order valence-corrected chi connectivity index (χ0v) is 13.1. The minimum atomic E-state index is -2.97. The largest absolute Gasteiger partial charge is 0.379 e. The maximum atomic E-state index is 10.9. The van der Waals surface area contributed by atoms with Crippen LogP contribution in [0.2, 0.25) is 5.02 Å². The number of aromatic nitrogens is 2. The SMILES string of the molecule is CS(=O)(=O)CCOCCNc1ncnc2cc(Cl)ccc12. The number of fused-ring (bicyclic) bond motifs is 1. The quantitative estimate of drug-likeness (QED) is 0.779. The van der Waals surface area contributed by atoms with Gasteiger partial charge in [0.25, 0.3) is 0 Å². The number of nitrogens with one attached hydrogen (secondary N) is 1. The first-order valence-corrected chi connectivity index (χ1v) is 8.79. The maximum absolute atomic E-state index is 10.9. The summed E-state index contributed by atoms with van der Waals surface area (Å²) in [6.07, 6.45) is 2.65. The van der Waals surface area contributed by atoms with Crippen LogP contribution in [0.25, 0.3) is 10.9 Å². The second-order valence-electron chi connectivity index (χ2n) is 4.55. The van der Waals surface area contributed by atoms with Gasteiger partial charge in [0, 0.05) is 23.2 Å². The number of benzene rings is 1. The average Bonchev–Trinajstić information content (AvgIpc) is 2.41. The number of rotatable bonds is 7. The summed E-state index contributed by atoms with van der Waals surface area (Å²) < 4.78 is 27.1. The molecule has 114 valence electrons. The average molecular weight is 330 g/mol. The van der Waals surface area contributed by atoms with Crippen molar-refractivity contribution in [2.24, 2.45) is 0 Å². The Kier molecular flexibility index (Phi) is 5.33. The molecule has 2 rings (SSSR count). The molecule has 0 amide bonds. The van der Waals surface area contributed by atoms with Gasteiger partial charge >= 0.3 is 0 Å². The lowest BCUT2D eigenvalue weighted by molar-refractivity contribution is 0.159. The molecule has 0 unspecified atom stereocenters. The predicted molar refractivity (Wildman–Crippen MR) is 83.6 cm³/mol. The third-order valence-electron chi connectivity index (χ3n) is 2.74. The zero-order valence-electron chi connectivity index (χ0n) is 11.5. The Labute approximate surface area is 128 Å². The molecule has 6 nitrogen and oxygen atoms in total. The van der Waals surface area contributed by atoms with E-state index in [0.717, 1.165) is 10.9 Å². The summed E-state index contributed by atoms with van der Waals surface area (Å²) in [6.45, 7) is 1.12. The van der Waals surface area contributed by atoms with E-state index in [9.17, 15) is 8.42 Å². The highest BCUT2D eigenvalue weighted by Gasteiger charge is 2.04. The first kappa shape index (κ1) is 15.9. The van der Waals surface area contributed by atoms with E-state index in [0.29, 0.717) is 24.0 Å². The Morgan fingerprint density at radius 1 is 1.29 bits per heavy atom. The van der Waals surface area contributed by atoms with Crippen LogP contribution in [0.15, 0.2) is 24.5 Å². The molecule has 0 aliphatic carbocycles. The van der Waals surface area contributed by atoms with E-state index in [1.54, 1.807) is 12.1 Å². The Morgan fingerprint density at radius 3 is 2.86 bits per heavy atom. The highest BCUT2D eigenvalue weighted by molar-refractivity contribution is 7.90. The fourth-order valence-electron chi connectivity index (χ4n) is 1.73. The molecule has 0 bridgehead atoms. The van der Waals surface area contributed by atoms with Gasteiger partial charge in [0.2, 0.25) is 0 Å². The molecule has 0 aliphatic rings. The number of hydrogen-bond donors (Lipinski definition) is 1. The van der Waals surface area contributed by atoms with Crippen molar-refractivity contribution >= 4 is 38.2 Å². The lowest BCUT2D eigenvalue weighted by atomic mass is 10.2. The molecule has 0 saturated carbocycles. The van der Waals surface area contributed by atoms with Crippen LogP contribution >= 0.6 is 11.6 Å². The van der Waals surface area contributed by atoms with Crippen molar-refractivity contribution in [2.45, 2.75) is 0 Å². The first-order valence-electron chi connectivity index (χ1n) is 6.35. The van der Waals surface area contributed by atoms with Crippen LogP contribution in [-0.2, 0) is 14.6 Å². The number of nitrogens with zero attached hydrogens (tertiary/aromatic N) is 2. The van der Waals surface area contributed by atoms with E-state index in [1.165, 1.54) is 12.6 Å². The van der Waals surface area contributed by atoms with Gasteiger partial charge in [-0.15, -0.1) is 0 Å². The molecule has 0 aliphatic heterocycles. The molecule has 0 saturated heterocycles. The van der Waals surface area contributed by atoms with Gasteiger partial charge in [0.05, 0.1) is 24.5 Å². The summed E-state index contributed by atoms with van der Waals surface area (Å²) in [7, 11) is -2.97. The molecular weight excluding hydrogens is 314 g/mol.